The molecule has 1 aromatic heterocycles. The number of aromatic nitrogens is 1. The second-order valence-electron chi connectivity index (χ2n) is 7.63. The first-order valence-electron chi connectivity index (χ1n) is 10.7. The number of nitrogens with zero attached hydrogens (tertiary/aromatic N) is 4. The third kappa shape index (κ3) is 7.89. The Morgan fingerprint density at radius 1 is 1.37 bits per heavy atom. The molecule has 0 radical (unpaired) electrons. The van der Waals surface area contributed by atoms with Gasteiger partial charge < -0.3 is 19.7 Å². The smallest absolute Gasteiger partial charge is 0.193 e. The molecule has 0 aromatic carbocycles. The topological polar surface area (TPSA) is 62.2 Å². The molecule has 2 unspecified atom stereocenters. The fourth-order valence-corrected chi connectivity index (χ4v) is 4.76. The lowest BCUT2D eigenvalue weighted by molar-refractivity contribution is 0.00261. The Kier molecular flexibility index (Phi) is 13.4. The average molecular weight is 554 g/mol. The van der Waals surface area contributed by atoms with Crippen molar-refractivity contribution in [2.45, 2.75) is 52.3 Å². The molecule has 1 aliphatic heterocycles. The molecule has 2 heterocycles. The summed E-state index contributed by atoms with van der Waals surface area (Å²) in [5.41, 5.74) is 1.05. The first-order chi connectivity index (χ1) is 14.0. The Morgan fingerprint density at radius 2 is 2.03 bits per heavy atom. The van der Waals surface area contributed by atoms with Crippen LogP contribution in [0.25, 0.3) is 0 Å². The van der Waals surface area contributed by atoms with Gasteiger partial charge in [-0.25, -0.2) is 4.98 Å². The van der Waals surface area contributed by atoms with E-state index in [0.717, 1.165) is 56.1 Å². The summed E-state index contributed by atoms with van der Waals surface area (Å²) in [5.74, 6) is 1.57. The second-order valence-corrected chi connectivity index (χ2v) is 8.52. The molecule has 174 valence electrons. The van der Waals surface area contributed by atoms with Crippen LogP contribution in [0.1, 0.15) is 50.4 Å². The number of halogens is 1. The highest BCUT2D eigenvalue weighted by Crippen LogP contribution is 2.21. The van der Waals surface area contributed by atoms with Gasteiger partial charge >= 0.3 is 0 Å². The van der Waals surface area contributed by atoms with Gasteiger partial charge in [-0.05, 0) is 12.8 Å². The van der Waals surface area contributed by atoms with Crippen LogP contribution in [0.3, 0.4) is 0 Å². The summed E-state index contributed by atoms with van der Waals surface area (Å²) in [7, 11) is 5.63. The molecule has 9 heteroatoms. The molecule has 1 aromatic rings. The zero-order chi connectivity index (χ0) is 21.2. The molecule has 0 bridgehead atoms. The lowest BCUT2D eigenvalue weighted by atomic mass is 9.92. The lowest BCUT2D eigenvalue weighted by Crippen LogP contribution is -2.53. The number of ether oxygens (including phenoxy) is 2. The van der Waals surface area contributed by atoms with E-state index in [9.17, 15) is 0 Å². The third-order valence-corrected chi connectivity index (χ3v) is 6.87. The zero-order valence-electron chi connectivity index (χ0n) is 19.4. The Bertz CT molecular complexity index is 620. The molecule has 30 heavy (non-hydrogen) atoms. The number of rotatable bonds is 10. The molecule has 0 spiro atoms. The van der Waals surface area contributed by atoms with Gasteiger partial charge in [-0.15, -0.1) is 35.3 Å². The maximum atomic E-state index is 5.57. The van der Waals surface area contributed by atoms with Gasteiger partial charge in [0, 0.05) is 52.3 Å². The monoisotopic (exact) mass is 553 g/mol. The highest BCUT2D eigenvalue weighted by Gasteiger charge is 2.27. The number of hydrogen-bond donors (Lipinski definition) is 1. The molecule has 1 N–H and O–H groups in total. The number of methoxy groups -OCH3 is 1. The van der Waals surface area contributed by atoms with E-state index in [1.165, 1.54) is 12.8 Å². The summed E-state index contributed by atoms with van der Waals surface area (Å²) in [6, 6.07) is 0.493. The number of aliphatic imine (C=N–C) groups is 1. The van der Waals surface area contributed by atoms with Crippen molar-refractivity contribution in [1.82, 2.24) is 20.1 Å². The lowest BCUT2D eigenvalue weighted by Gasteiger charge is -2.39. The molecular weight excluding hydrogens is 513 g/mol. The largest absolute Gasteiger partial charge is 0.379 e. The van der Waals surface area contributed by atoms with Crippen LogP contribution in [-0.2, 0) is 16.0 Å². The van der Waals surface area contributed by atoms with E-state index in [2.05, 4.69) is 46.4 Å². The highest BCUT2D eigenvalue weighted by molar-refractivity contribution is 14.0. The van der Waals surface area contributed by atoms with Crippen molar-refractivity contribution >= 4 is 41.3 Å². The Morgan fingerprint density at radius 3 is 2.60 bits per heavy atom. The SMILES string of the molecule is CCC(CC)C(CNC(=NC)N(C)Cc1csc(C(C)OC)n1)N1CCOCC1.I. The fourth-order valence-electron chi connectivity index (χ4n) is 3.92. The van der Waals surface area contributed by atoms with Gasteiger partial charge in [0.05, 0.1) is 25.5 Å². The molecule has 1 fully saturated rings. The fraction of sp³-hybridized carbons (Fsp3) is 0.810. The van der Waals surface area contributed by atoms with Gasteiger partial charge in [-0.1, -0.05) is 26.7 Å². The summed E-state index contributed by atoms with van der Waals surface area (Å²) in [6.07, 6.45) is 2.41. The molecule has 0 saturated carbocycles. The molecule has 7 nitrogen and oxygen atoms in total. The Labute approximate surface area is 203 Å². The van der Waals surface area contributed by atoms with Gasteiger partial charge in [-0.3, -0.25) is 9.89 Å². The molecule has 1 aliphatic rings. The molecular formula is C21H40IN5O2S. The quantitative estimate of drug-likeness (QED) is 0.272. The number of nitrogens with one attached hydrogen (secondary N) is 1. The van der Waals surface area contributed by atoms with E-state index in [1.54, 1.807) is 18.4 Å². The minimum Gasteiger partial charge on any atom is -0.379 e. The van der Waals surface area contributed by atoms with Crippen molar-refractivity contribution < 1.29 is 9.47 Å². The standard InChI is InChI=1S/C21H39N5O2S.HI/c1-7-17(8-2)19(26-9-11-28-12-10-26)13-23-21(22-4)25(5)14-18-15-29-20(24-18)16(3)27-6;/h15-17,19H,7-14H2,1-6H3,(H,22,23);1H. The predicted molar refractivity (Wildman–Crippen MR) is 136 cm³/mol. The van der Waals surface area contributed by atoms with Gasteiger partial charge in [0.1, 0.15) is 11.1 Å². The summed E-state index contributed by atoms with van der Waals surface area (Å²) in [6.45, 7) is 11.9. The van der Waals surface area contributed by atoms with Crippen LogP contribution in [-0.4, -0.2) is 80.8 Å². The van der Waals surface area contributed by atoms with Crippen LogP contribution in [0, 0.1) is 5.92 Å². The van der Waals surface area contributed by atoms with Crippen LogP contribution in [0.15, 0.2) is 10.4 Å². The van der Waals surface area contributed by atoms with Crippen molar-refractivity contribution in [2.24, 2.45) is 10.9 Å². The summed E-state index contributed by atoms with van der Waals surface area (Å²) < 4.78 is 10.9. The highest BCUT2D eigenvalue weighted by atomic mass is 127. The number of hydrogen-bond acceptors (Lipinski definition) is 6. The maximum Gasteiger partial charge on any atom is 0.193 e. The predicted octanol–water partition coefficient (Wildman–Crippen LogP) is 3.61. The van der Waals surface area contributed by atoms with Crippen molar-refractivity contribution in [2.75, 3.05) is 54.1 Å². The van der Waals surface area contributed by atoms with Gasteiger partial charge in [0.15, 0.2) is 5.96 Å². The summed E-state index contributed by atoms with van der Waals surface area (Å²) in [5, 5.41) is 6.74. The minimum absolute atomic E-state index is 0. The second kappa shape index (κ2) is 14.5. The number of thiazole rings is 1. The van der Waals surface area contributed by atoms with Gasteiger partial charge in [0.2, 0.25) is 0 Å². The maximum absolute atomic E-state index is 5.57. The molecule has 1 saturated heterocycles. The first kappa shape index (κ1) is 27.5. The number of morpholine rings is 1. The van der Waals surface area contributed by atoms with Crippen LogP contribution >= 0.6 is 35.3 Å². The van der Waals surface area contributed by atoms with Crippen molar-refractivity contribution in [3.05, 3.63) is 16.1 Å². The van der Waals surface area contributed by atoms with Gasteiger partial charge in [0.25, 0.3) is 0 Å². The van der Waals surface area contributed by atoms with Crippen LogP contribution in [0.2, 0.25) is 0 Å². The van der Waals surface area contributed by atoms with Gasteiger partial charge in [-0.2, -0.15) is 0 Å². The van der Waals surface area contributed by atoms with Crippen LogP contribution in [0.5, 0.6) is 0 Å². The van der Waals surface area contributed by atoms with E-state index in [-0.39, 0.29) is 30.1 Å². The summed E-state index contributed by atoms with van der Waals surface area (Å²) >= 11 is 1.65. The Balaban J connectivity index is 0.00000450. The normalized spacial score (nSPS) is 17.5. The van der Waals surface area contributed by atoms with E-state index in [0.29, 0.717) is 12.0 Å². The summed E-state index contributed by atoms with van der Waals surface area (Å²) in [4.78, 5) is 13.9. The van der Waals surface area contributed by atoms with Crippen LogP contribution < -0.4 is 5.32 Å². The Hall–Kier alpha value is -0.490. The van der Waals surface area contributed by atoms with E-state index in [4.69, 9.17) is 14.5 Å². The first-order valence-corrected chi connectivity index (χ1v) is 11.6. The van der Waals surface area contributed by atoms with Crippen molar-refractivity contribution in [3.63, 3.8) is 0 Å². The minimum atomic E-state index is 0. The van der Waals surface area contributed by atoms with E-state index < -0.39 is 0 Å². The average Bonchev–Trinajstić information content (AvgIpc) is 3.22. The molecule has 2 rings (SSSR count). The van der Waals surface area contributed by atoms with Crippen molar-refractivity contribution in [1.29, 1.82) is 0 Å². The molecule has 2 atom stereocenters. The molecule has 0 aliphatic carbocycles. The zero-order valence-corrected chi connectivity index (χ0v) is 22.5. The van der Waals surface area contributed by atoms with Crippen LogP contribution in [0.4, 0.5) is 0 Å². The third-order valence-electron chi connectivity index (χ3n) is 5.82. The van der Waals surface area contributed by atoms with E-state index in [1.807, 2.05) is 14.0 Å². The molecule has 0 amide bonds. The van der Waals surface area contributed by atoms with E-state index >= 15 is 0 Å². The van der Waals surface area contributed by atoms with Crippen molar-refractivity contribution in [3.8, 4) is 0 Å². The number of guanidine groups is 1.